The van der Waals surface area contributed by atoms with Crippen LogP contribution in [0.3, 0.4) is 0 Å². The molecule has 0 spiro atoms. The number of rotatable bonds is 5. The Morgan fingerprint density at radius 1 is 0.500 bits per heavy atom. The molecule has 82 heavy (non-hydrogen) atoms. The van der Waals surface area contributed by atoms with Crippen LogP contribution in [0.1, 0.15) is 250 Å². The van der Waals surface area contributed by atoms with Crippen molar-refractivity contribution in [1.82, 2.24) is 0 Å². The number of hydrogen-bond donors (Lipinski definition) is 0. The molecule has 424 valence electrons. The van der Waals surface area contributed by atoms with Gasteiger partial charge in [0.05, 0.1) is 10.7 Å². The van der Waals surface area contributed by atoms with Crippen LogP contribution in [-0.4, -0.2) is 6.85 Å². The number of aryl methyl sites for hydroxylation is 1. The first kappa shape index (κ1) is 53.5. The molecule has 5 aliphatic carbocycles. The molecule has 0 amide bonds. The van der Waals surface area contributed by atoms with E-state index in [0.29, 0.717) is 11.8 Å². The predicted molar refractivity (Wildman–Crippen MR) is 354 cm³/mol. The highest BCUT2D eigenvalue weighted by Gasteiger charge is 2.52. The van der Waals surface area contributed by atoms with E-state index in [1.54, 1.807) is 0 Å². The van der Waals surface area contributed by atoms with Gasteiger partial charge < -0.3 is 14.1 Å². The third kappa shape index (κ3) is 7.44. The van der Waals surface area contributed by atoms with Crippen LogP contribution in [0.25, 0.3) is 43.2 Å². The van der Waals surface area contributed by atoms with Crippen molar-refractivity contribution in [3.05, 3.63) is 134 Å². The monoisotopic (exact) mass is 1100 g/mol. The molecule has 4 heterocycles. The molecule has 2 aromatic heterocycles. The summed E-state index contributed by atoms with van der Waals surface area (Å²) in [6.07, 6.45) is 13.2. The standard InChI is InChI=1S/C77H91BN2OS/c1-19-20-44-34-48(44)45-35-51-65-60(24-22-47-49-38-55-58(41-63(49)81-68(47)65)76(15,16)31-28-73(55,9)10)80(46-21-23-52-54(37-46)72(7,8)26-25-70(52,3)4)78-66(51)62(36-45)79(61-40-57-53(33-43(61)2)71(5,6)27-30-75(57,13)14)69-67(78)50-39-56-59(42-64(50)82-69)77(17,18)32-29-74(56,11)12/h21-24,33,35-42,44,48H,19-20,25-32,34H2,1-18H3. The van der Waals surface area contributed by atoms with Crippen LogP contribution in [0.5, 0.6) is 0 Å². The van der Waals surface area contributed by atoms with Gasteiger partial charge in [0.15, 0.2) is 0 Å². The highest BCUT2D eigenvalue weighted by atomic mass is 32.1. The van der Waals surface area contributed by atoms with Gasteiger partial charge in [0, 0.05) is 38.1 Å². The van der Waals surface area contributed by atoms with Gasteiger partial charge in [0.25, 0.3) is 0 Å². The zero-order chi connectivity index (χ0) is 57.7. The molecule has 2 unspecified atom stereocenters. The molecule has 2 atom stereocenters. The van der Waals surface area contributed by atoms with Crippen LogP contribution in [0.2, 0.25) is 0 Å². The Kier molecular flexibility index (Phi) is 11.0. The molecular formula is C77H91BN2OS. The molecule has 6 aromatic carbocycles. The molecule has 1 fully saturated rings. The molecule has 3 nitrogen and oxygen atoms in total. The largest absolute Gasteiger partial charge is 0.455 e. The Morgan fingerprint density at radius 2 is 1.02 bits per heavy atom. The van der Waals surface area contributed by atoms with Gasteiger partial charge in [0.2, 0.25) is 0 Å². The maximum Gasteiger partial charge on any atom is 0.334 e. The second kappa shape index (κ2) is 16.8. The Balaban J connectivity index is 1.11. The molecule has 0 radical (unpaired) electrons. The fraction of sp³-hybridized carbons (Fsp3) is 0.506. The van der Waals surface area contributed by atoms with Crippen molar-refractivity contribution < 1.29 is 4.42 Å². The van der Waals surface area contributed by atoms with Crippen molar-refractivity contribution in [2.45, 2.75) is 244 Å². The van der Waals surface area contributed by atoms with Gasteiger partial charge in [-0.2, -0.15) is 0 Å². The lowest BCUT2D eigenvalue weighted by molar-refractivity contribution is 0.332. The number of thiophene rings is 1. The van der Waals surface area contributed by atoms with E-state index in [1.165, 1.54) is 197 Å². The van der Waals surface area contributed by atoms with E-state index in [0.717, 1.165) is 11.2 Å². The van der Waals surface area contributed by atoms with Crippen LogP contribution < -0.4 is 20.6 Å². The average molecular weight is 1100 g/mol. The lowest BCUT2D eigenvalue weighted by Gasteiger charge is -2.47. The molecule has 0 N–H and O–H groups in total. The Morgan fingerprint density at radius 3 is 1.62 bits per heavy atom. The van der Waals surface area contributed by atoms with E-state index in [4.69, 9.17) is 4.42 Å². The summed E-state index contributed by atoms with van der Waals surface area (Å²) in [6.45, 7) is 44.6. The first-order valence-electron chi connectivity index (χ1n) is 32.2. The molecule has 15 rings (SSSR count). The van der Waals surface area contributed by atoms with Gasteiger partial charge in [-0.1, -0.05) is 149 Å². The molecule has 0 saturated heterocycles. The number of nitrogens with zero attached hydrogens (tertiary/aromatic N) is 2. The SMILES string of the molecule is CCCC1CC1c1cc2c3c(c1)N(c1cc4c(cc1C)C(C)(C)CCC4(C)C)c1sc4cc5c(cc4c1B3N(c1ccc3c(c1)C(C)(C)CCC3(C)C)c1ccc3c(oc4cc6c(cc43)C(C)(C)CCC6(C)C)c1-2)C(C)(C)CCC5(C)C. The van der Waals surface area contributed by atoms with Crippen LogP contribution in [-0.2, 0) is 43.3 Å². The van der Waals surface area contributed by atoms with Crippen molar-refractivity contribution in [3.63, 3.8) is 0 Å². The van der Waals surface area contributed by atoms with Gasteiger partial charge in [-0.05, 0) is 258 Å². The number of anilines is 5. The summed E-state index contributed by atoms with van der Waals surface area (Å²) in [5.74, 6) is 1.24. The molecule has 5 heteroatoms. The number of benzene rings is 6. The van der Waals surface area contributed by atoms with Gasteiger partial charge in [-0.3, -0.25) is 0 Å². The summed E-state index contributed by atoms with van der Waals surface area (Å²) in [6, 6.07) is 33.9. The zero-order valence-corrected chi connectivity index (χ0v) is 54.0. The summed E-state index contributed by atoms with van der Waals surface area (Å²) < 4.78 is 9.11. The van der Waals surface area contributed by atoms with Crippen LogP contribution in [0, 0.1) is 12.8 Å². The lowest BCUT2D eigenvalue weighted by Crippen LogP contribution is -2.61. The lowest BCUT2D eigenvalue weighted by atomic mass is 9.43. The third-order valence-electron chi connectivity index (χ3n) is 23.8. The Hall–Kier alpha value is -5.26. The molecular weight excluding hydrogens is 1010 g/mol. The topological polar surface area (TPSA) is 19.6 Å². The van der Waals surface area contributed by atoms with Crippen LogP contribution in [0.4, 0.5) is 27.8 Å². The normalized spacial score (nSPS) is 23.9. The number of hydrogen-bond acceptors (Lipinski definition) is 4. The summed E-state index contributed by atoms with van der Waals surface area (Å²) in [5.41, 5.74) is 28.3. The van der Waals surface area contributed by atoms with Crippen LogP contribution >= 0.6 is 11.3 Å². The molecule has 0 bridgehead atoms. The maximum atomic E-state index is 7.70. The van der Waals surface area contributed by atoms with E-state index < -0.39 is 0 Å². The van der Waals surface area contributed by atoms with Crippen molar-refractivity contribution in [2.24, 2.45) is 5.92 Å². The fourth-order valence-electron chi connectivity index (χ4n) is 17.7. The van der Waals surface area contributed by atoms with Gasteiger partial charge >= 0.3 is 6.85 Å². The highest BCUT2D eigenvalue weighted by Crippen LogP contribution is 2.60. The maximum absolute atomic E-state index is 7.70. The zero-order valence-electron chi connectivity index (χ0n) is 53.2. The van der Waals surface area contributed by atoms with Crippen molar-refractivity contribution >= 4 is 88.9 Å². The summed E-state index contributed by atoms with van der Waals surface area (Å²) >= 11 is 2.07. The number of furan rings is 1. The summed E-state index contributed by atoms with van der Waals surface area (Å²) in [4.78, 5) is 5.69. The first-order chi connectivity index (χ1) is 38.4. The second-order valence-electron chi connectivity index (χ2n) is 33.0. The molecule has 2 aliphatic heterocycles. The molecule has 8 aromatic rings. The highest BCUT2D eigenvalue weighted by molar-refractivity contribution is 7.26. The van der Waals surface area contributed by atoms with E-state index in [9.17, 15) is 0 Å². The minimum absolute atomic E-state index is 0.0352. The van der Waals surface area contributed by atoms with Gasteiger partial charge in [0.1, 0.15) is 11.2 Å². The van der Waals surface area contributed by atoms with E-state index in [1.807, 2.05) is 0 Å². The minimum Gasteiger partial charge on any atom is -0.455 e. The van der Waals surface area contributed by atoms with E-state index in [-0.39, 0.29) is 50.2 Å². The quantitative estimate of drug-likeness (QED) is 0.160. The Labute approximate surface area is 496 Å². The number of fused-ring (bicyclic) bond motifs is 14. The smallest absolute Gasteiger partial charge is 0.334 e. The average Bonchev–Trinajstić information content (AvgIpc) is 1.68. The third-order valence-corrected chi connectivity index (χ3v) is 24.9. The van der Waals surface area contributed by atoms with Crippen molar-refractivity contribution in [1.29, 1.82) is 0 Å². The second-order valence-corrected chi connectivity index (χ2v) is 34.1. The predicted octanol–water partition coefficient (Wildman–Crippen LogP) is 21.1. The summed E-state index contributed by atoms with van der Waals surface area (Å²) in [7, 11) is 0. The minimum atomic E-state index is -0.100. The molecule has 1 saturated carbocycles. The molecule has 7 aliphatic rings. The first-order valence-corrected chi connectivity index (χ1v) is 33.0. The van der Waals surface area contributed by atoms with Crippen molar-refractivity contribution in [2.75, 3.05) is 9.71 Å². The van der Waals surface area contributed by atoms with Crippen molar-refractivity contribution in [3.8, 4) is 11.1 Å². The van der Waals surface area contributed by atoms with E-state index >= 15 is 0 Å². The fourth-order valence-corrected chi connectivity index (χ4v) is 19.0. The van der Waals surface area contributed by atoms with Crippen LogP contribution in [0.15, 0.2) is 83.3 Å². The Bertz CT molecular complexity index is 4110. The van der Waals surface area contributed by atoms with Gasteiger partial charge in [-0.25, -0.2) is 0 Å². The summed E-state index contributed by atoms with van der Waals surface area (Å²) in [5, 5.41) is 5.30. The van der Waals surface area contributed by atoms with Gasteiger partial charge in [-0.15, -0.1) is 11.3 Å². The van der Waals surface area contributed by atoms with E-state index in [2.05, 4.69) is 225 Å².